The molecule has 1 aromatic carbocycles. The van der Waals surface area contributed by atoms with Gasteiger partial charge in [-0.05, 0) is 36.5 Å². The molecule has 1 aliphatic carbocycles. The predicted octanol–water partition coefficient (Wildman–Crippen LogP) is 0.518. The van der Waals surface area contributed by atoms with Gasteiger partial charge in [-0.2, -0.15) is 0 Å². The van der Waals surface area contributed by atoms with Crippen LogP contribution >= 0.6 is 11.6 Å². The Bertz CT molecular complexity index is 697. The summed E-state index contributed by atoms with van der Waals surface area (Å²) in [5.41, 5.74) is 0.621. The van der Waals surface area contributed by atoms with E-state index in [-0.39, 0.29) is 52.4 Å². The first kappa shape index (κ1) is 19.7. The summed E-state index contributed by atoms with van der Waals surface area (Å²) in [6, 6.07) is 4.27. The Morgan fingerprint density at radius 2 is 1.95 bits per heavy atom. The number of rotatable bonds is 4. The van der Waals surface area contributed by atoms with Gasteiger partial charge in [0.2, 0.25) is 0 Å². The van der Waals surface area contributed by atoms with E-state index in [2.05, 4.69) is 0 Å². The maximum atomic E-state index is 11.5. The summed E-state index contributed by atoms with van der Waals surface area (Å²) >= 11 is 5.98. The third-order valence-electron chi connectivity index (χ3n) is 3.67. The summed E-state index contributed by atoms with van der Waals surface area (Å²) in [6.45, 7) is 0. The molecule has 0 aromatic heterocycles. The van der Waals surface area contributed by atoms with Crippen LogP contribution in [0.15, 0.2) is 29.2 Å². The van der Waals surface area contributed by atoms with Crippen LogP contribution in [0.2, 0.25) is 5.02 Å². The molecule has 0 saturated heterocycles. The van der Waals surface area contributed by atoms with Crippen LogP contribution in [0, 0.1) is 5.92 Å². The number of allylic oxidation sites excluding steroid dienone is 1. The first-order valence-corrected chi connectivity index (χ1v) is 9.01. The number of aliphatic carboxylic acids is 1. The third-order valence-corrected chi connectivity index (χ3v) is 5.25. The molecule has 1 N–H and O–H groups in total. The number of hydrogen-bond donors (Lipinski definition) is 1. The van der Waals surface area contributed by atoms with Gasteiger partial charge in [-0.3, -0.25) is 0 Å². The Hall–Kier alpha value is -0.330. The smallest absolute Gasteiger partial charge is 1.00 e. The fourth-order valence-electron chi connectivity index (χ4n) is 2.62. The second-order valence-corrected chi connectivity index (χ2v) is 7.74. The van der Waals surface area contributed by atoms with Gasteiger partial charge >= 0.3 is 35.5 Å². The first-order chi connectivity index (χ1) is 9.79. The molecule has 7 heteroatoms. The van der Waals surface area contributed by atoms with Gasteiger partial charge in [0.1, 0.15) is 0 Å². The zero-order valence-corrected chi connectivity index (χ0v) is 16.2. The van der Waals surface area contributed by atoms with Gasteiger partial charge in [-0.1, -0.05) is 36.6 Å². The van der Waals surface area contributed by atoms with Crippen LogP contribution in [0.1, 0.15) is 32.7 Å². The third kappa shape index (κ3) is 4.83. The molecule has 0 atom stereocenters. The van der Waals surface area contributed by atoms with Crippen LogP contribution in [0.4, 0.5) is 0 Å². The predicted molar refractivity (Wildman–Crippen MR) is 83.2 cm³/mol. The van der Waals surface area contributed by atoms with Crippen molar-refractivity contribution in [2.75, 3.05) is 6.26 Å². The minimum atomic E-state index is -3.42. The van der Waals surface area contributed by atoms with E-state index in [0.29, 0.717) is 5.56 Å². The molecule has 1 fully saturated rings. The van der Waals surface area contributed by atoms with Crippen molar-refractivity contribution >= 4 is 33.0 Å². The molecule has 22 heavy (non-hydrogen) atoms. The van der Waals surface area contributed by atoms with Crippen LogP contribution < -0.4 is 29.6 Å². The summed E-state index contributed by atoms with van der Waals surface area (Å²) in [4.78, 5) is 11.5. The quantitative estimate of drug-likeness (QED) is 0.633. The number of sulfone groups is 1. The molecular formula is C15H18ClNaO4S. The van der Waals surface area contributed by atoms with Gasteiger partial charge in [0.25, 0.3) is 0 Å². The Morgan fingerprint density at radius 3 is 2.41 bits per heavy atom. The van der Waals surface area contributed by atoms with E-state index < -0.39 is 15.8 Å². The van der Waals surface area contributed by atoms with Gasteiger partial charge in [0, 0.05) is 6.26 Å². The molecule has 1 saturated carbocycles. The van der Waals surface area contributed by atoms with E-state index in [1.54, 1.807) is 6.08 Å². The largest absolute Gasteiger partial charge is 1.00 e. The zero-order chi connectivity index (χ0) is 15.6. The molecule has 0 radical (unpaired) electrons. The first-order valence-electron chi connectivity index (χ1n) is 6.74. The number of carboxylic acid groups (broad SMARTS) is 1. The van der Waals surface area contributed by atoms with Crippen molar-refractivity contribution in [2.24, 2.45) is 5.92 Å². The van der Waals surface area contributed by atoms with E-state index >= 15 is 0 Å². The van der Waals surface area contributed by atoms with Crippen LogP contribution in [0.5, 0.6) is 0 Å². The summed E-state index contributed by atoms with van der Waals surface area (Å²) < 4.78 is 23.1. The van der Waals surface area contributed by atoms with E-state index in [4.69, 9.17) is 11.6 Å². The van der Waals surface area contributed by atoms with Crippen molar-refractivity contribution in [2.45, 2.75) is 30.6 Å². The standard InChI is InChI=1S/C15H17ClO4S.Na.H/c1-21(19,20)14-7-6-11(9-13(14)16)12(15(17)18)8-10-4-2-3-5-10;;/h6-10H,2-5H2,1H3,(H,17,18);;/q;+1;-1. The zero-order valence-electron chi connectivity index (χ0n) is 13.7. The van der Waals surface area contributed by atoms with Crippen molar-refractivity contribution in [1.29, 1.82) is 0 Å². The van der Waals surface area contributed by atoms with Crippen molar-refractivity contribution in [1.82, 2.24) is 0 Å². The second-order valence-electron chi connectivity index (χ2n) is 5.35. The summed E-state index contributed by atoms with van der Waals surface area (Å²) in [7, 11) is -3.42. The molecule has 0 spiro atoms. The number of hydrogen-bond acceptors (Lipinski definition) is 3. The topological polar surface area (TPSA) is 71.4 Å². The van der Waals surface area contributed by atoms with Crippen LogP contribution in [-0.2, 0) is 14.6 Å². The van der Waals surface area contributed by atoms with Gasteiger partial charge in [0.15, 0.2) is 9.84 Å². The summed E-state index contributed by atoms with van der Waals surface area (Å²) in [5.74, 6) is -0.755. The van der Waals surface area contributed by atoms with Gasteiger partial charge in [0.05, 0.1) is 15.5 Å². The molecule has 2 rings (SSSR count). The van der Waals surface area contributed by atoms with Crippen molar-refractivity contribution in [3.05, 3.63) is 34.9 Å². The molecule has 0 unspecified atom stereocenters. The Kier molecular flexibility index (Phi) is 7.15. The average Bonchev–Trinajstić information content (AvgIpc) is 2.86. The molecule has 0 aliphatic heterocycles. The average molecular weight is 353 g/mol. The van der Waals surface area contributed by atoms with Crippen LogP contribution in [-0.4, -0.2) is 25.7 Å². The Morgan fingerprint density at radius 1 is 1.36 bits per heavy atom. The molecule has 0 amide bonds. The van der Waals surface area contributed by atoms with Gasteiger partial charge in [-0.25, -0.2) is 13.2 Å². The van der Waals surface area contributed by atoms with Gasteiger partial charge in [-0.15, -0.1) is 0 Å². The maximum absolute atomic E-state index is 11.5. The van der Waals surface area contributed by atoms with E-state index in [0.717, 1.165) is 31.9 Å². The Labute approximate surface area is 159 Å². The number of carboxylic acids is 1. The number of benzene rings is 1. The van der Waals surface area contributed by atoms with Crippen LogP contribution in [0.3, 0.4) is 0 Å². The summed E-state index contributed by atoms with van der Waals surface area (Å²) in [6.07, 6.45) is 7.04. The number of halogens is 1. The minimum Gasteiger partial charge on any atom is -1.00 e. The molecule has 116 valence electrons. The van der Waals surface area contributed by atoms with E-state index in [1.165, 1.54) is 18.2 Å². The van der Waals surface area contributed by atoms with E-state index in [9.17, 15) is 18.3 Å². The molecule has 4 nitrogen and oxygen atoms in total. The van der Waals surface area contributed by atoms with Crippen molar-refractivity contribution < 1.29 is 49.3 Å². The SMILES string of the molecule is CS(=O)(=O)c1ccc(C(=CC2CCCC2)C(=O)O)cc1Cl.[H-].[Na+]. The second kappa shape index (κ2) is 7.97. The fourth-order valence-corrected chi connectivity index (χ4v) is 3.95. The normalized spacial score (nSPS) is 16.4. The molecular weight excluding hydrogens is 335 g/mol. The maximum Gasteiger partial charge on any atom is 1.00 e. The molecule has 0 heterocycles. The molecule has 0 bridgehead atoms. The van der Waals surface area contributed by atoms with Crippen molar-refractivity contribution in [3.63, 3.8) is 0 Å². The molecule has 1 aliphatic rings. The number of carbonyl (C=O) groups is 1. The fraction of sp³-hybridized carbons (Fsp3) is 0.400. The van der Waals surface area contributed by atoms with Crippen LogP contribution in [0.25, 0.3) is 5.57 Å². The summed E-state index contributed by atoms with van der Waals surface area (Å²) in [5, 5.41) is 9.43. The molecule has 1 aromatic rings. The van der Waals surface area contributed by atoms with E-state index in [1.807, 2.05) is 0 Å². The van der Waals surface area contributed by atoms with Gasteiger partial charge < -0.3 is 6.53 Å². The monoisotopic (exact) mass is 352 g/mol. The Balaban J connectivity index is 0.00000242. The van der Waals surface area contributed by atoms with Crippen molar-refractivity contribution in [3.8, 4) is 0 Å². The minimum absolute atomic E-state index is 0.